The number of rotatable bonds is 1. The second-order valence-corrected chi connectivity index (χ2v) is 3.16. The third-order valence-electron chi connectivity index (χ3n) is 2.14. The molecule has 0 unspecified atom stereocenters. The summed E-state index contributed by atoms with van der Waals surface area (Å²) in [7, 11) is 2.13. The second kappa shape index (κ2) is 3.07. The van der Waals surface area contributed by atoms with Crippen LogP contribution in [0.1, 0.15) is 5.56 Å². The molecule has 62 valence electrons. The number of pyridine rings is 1. The van der Waals surface area contributed by atoms with Crippen LogP contribution in [-0.2, 0) is 0 Å². The molecule has 0 fully saturated rings. The lowest BCUT2D eigenvalue weighted by atomic mass is 10.1. The van der Waals surface area contributed by atoms with Gasteiger partial charge in [-0.05, 0) is 30.3 Å². The summed E-state index contributed by atoms with van der Waals surface area (Å²) < 4.78 is 0. The minimum atomic E-state index is 1.06. The molecular weight excluding hydrogens is 148 g/mol. The third kappa shape index (κ3) is 1.38. The van der Waals surface area contributed by atoms with Crippen LogP contribution < -0.4 is 0 Å². The van der Waals surface area contributed by atoms with Gasteiger partial charge < -0.3 is 0 Å². The topological polar surface area (TPSA) is 16.1 Å². The largest absolute Gasteiger partial charge is 0.298 e. The highest BCUT2D eigenvalue weighted by Crippen LogP contribution is 2.18. The van der Waals surface area contributed by atoms with Gasteiger partial charge >= 0.3 is 0 Å². The Morgan fingerprint density at radius 3 is 2.67 bits per heavy atom. The number of hydrogen-bond acceptors (Lipinski definition) is 2. The van der Waals surface area contributed by atoms with Crippen molar-refractivity contribution < 1.29 is 0 Å². The highest BCUT2D eigenvalue weighted by Gasteiger charge is 2.10. The monoisotopic (exact) mass is 160 g/mol. The van der Waals surface area contributed by atoms with E-state index in [2.05, 4.69) is 35.1 Å². The minimum absolute atomic E-state index is 1.06. The molecule has 0 aromatic carbocycles. The molecule has 0 atom stereocenters. The molecule has 0 bridgehead atoms. The van der Waals surface area contributed by atoms with Crippen molar-refractivity contribution in [3.8, 4) is 0 Å². The van der Waals surface area contributed by atoms with Crippen molar-refractivity contribution in [3.63, 3.8) is 0 Å². The number of likely N-dealkylation sites (N-methyl/N-ethyl adjacent to an activating group) is 1. The third-order valence-corrected chi connectivity index (χ3v) is 2.14. The predicted molar refractivity (Wildman–Crippen MR) is 49.7 cm³/mol. The van der Waals surface area contributed by atoms with Crippen molar-refractivity contribution in [2.24, 2.45) is 0 Å². The average molecular weight is 160 g/mol. The summed E-state index contributed by atoms with van der Waals surface area (Å²) in [6, 6.07) is 4.12. The van der Waals surface area contributed by atoms with Crippen LogP contribution in [0.2, 0.25) is 0 Å². The Hall–Kier alpha value is -1.15. The maximum atomic E-state index is 3.99. The molecule has 1 aromatic heterocycles. The van der Waals surface area contributed by atoms with Gasteiger partial charge in [0.1, 0.15) is 0 Å². The summed E-state index contributed by atoms with van der Waals surface area (Å²) in [6.07, 6.45) is 5.96. The quantitative estimate of drug-likeness (QED) is 0.617. The second-order valence-electron chi connectivity index (χ2n) is 3.16. The van der Waals surface area contributed by atoms with Crippen LogP contribution in [0.4, 0.5) is 0 Å². The van der Waals surface area contributed by atoms with Gasteiger partial charge in [0, 0.05) is 25.5 Å². The fraction of sp³-hybridized carbons (Fsp3) is 0.300. The van der Waals surface area contributed by atoms with Crippen LogP contribution in [-0.4, -0.2) is 30.0 Å². The molecule has 2 heterocycles. The Kier molecular flexibility index (Phi) is 1.92. The summed E-state index contributed by atoms with van der Waals surface area (Å²) in [4.78, 5) is 6.28. The smallest absolute Gasteiger partial charge is 0.0273 e. The zero-order chi connectivity index (χ0) is 8.39. The van der Waals surface area contributed by atoms with E-state index >= 15 is 0 Å². The van der Waals surface area contributed by atoms with E-state index in [0.29, 0.717) is 0 Å². The molecule has 0 spiro atoms. The molecule has 2 nitrogen and oxygen atoms in total. The van der Waals surface area contributed by atoms with E-state index < -0.39 is 0 Å². The van der Waals surface area contributed by atoms with Crippen molar-refractivity contribution in [2.45, 2.75) is 0 Å². The zero-order valence-corrected chi connectivity index (χ0v) is 7.20. The molecule has 0 aliphatic carbocycles. The van der Waals surface area contributed by atoms with Crippen LogP contribution in [0.15, 0.2) is 30.6 Å². The van der Waals surface area contributed by atoms with E-state index in [1.807, 2.05) is 12.4 Å². The normalized spacial score (nSPS) is 17.9. The molecule has 0 amide bonds. The molecule has 12 heavy (non-hydrogen) atoms. The predicted octanol–water partition coefficient (Wildman–Crippen LogP) is 1.41. The van der Waals surface area contributed by atoms with Crippen LogP contribution in [0.5, 0.6) is 0 Å². The van der Waals surface area contributed by atoms with E-state index in [1.54, 1.807) is 0 Å². The van der Waals surface area contributed by atoms with E-state index in [4.69, 9.17) is 0 Å². The molecular formula is C10H12N2. The number of nitrogens with zero attached hydrogens (tertiary/aromatic N) is 2. The van der Waals surface area contributed by atoms with E-state index in [0.717, 1.165) is 13.1 Å². The first-order valence-electron chi connectivity index (χ1n) is 4.14. The summed E-state index contributed by atoms with van der Waals surface area (Å²) >= 11 is 0. The molecule has 1 aliphatic heterocycles. The lowest BCUT2D eigenvalue weighted by molar-refractivity contribution is 0.438. The van der Waals surface area contributed by atoms with Gasteiger partial charge in [-0.1, -0.05) is 6.08 Å². The molecule has 2 heteroatoms. The van der Waals surface area contributed by atoms with Crippen molar-refractivity contribution >= 4 is 5.57 Å². The average Bonchev–Trinajstić information content (AvgIpc) is 2.54. The van der Waals surface area contributed by atoms with E-state index in [-0.39, 0.29) is 0 Å². The maximum absolute atomic E-state index is 3.99. The van der Waals surface area contributed by atoms with Crippen LogP contribution in [0.25, 0.3) is 5.57 Å². The Labute approximate surface area is 72.5 Å². The van der Waals surface area contributed by atoms with Gasteiger partial charge in [0.05, 0.1) is 0 Å². The number of hydrogen-bond donors (Lipinski definition) is 0. The minimum Gasteiger partial charge on any atom is -0.298 e. The standard InChI is InChI=1S/C10H12N2/c1-12-7-4-10(8-12)9-2-5-11-6-3-9/h2-6H,7-8H2,1H3. The lowest BCUT2D eigenvalue weighted by Crippen LogP contribution is -2.13. The van der Waals surface area contributed by atoms with Gasteiger partial charge in [-0.15, -0.1) is 0 Å². The molecule has 1 aromatic rings. The van der Waals surface area contributed by atoms with E-state index in [1.165, 1.54) is 11.1 Å². The molecule has 0 radical (unpaired) electrons. The summed E-state index contributed by atoms with van der Waals surface area (Å²) in [5.74, 6) is 0. The first-order chi connectivity index (χ1) is 5.86. The lowest BCUT2D eigenvalue weighted by Gasteiger charge is -2.07. The Morgan fingerprint density at radius 2 is 2.08 bits per heavy atom. The highest BCUT2D eigenvalue weighted by atomic mass is 15.1. The van der Waals surface area contributed by atoms with Gasteiger partial charge in [0.25, 0.3) is 0 Å². The first kappa shape index (κ1) is 7.50. The molecule has 0 saturated carbocycles. The van der Waals surface area contributed by atoms with Crippen molar-refractivity contribution in [2.75, 3.05) is 20.1 Å². The SMILES string of the molecule is CN1CC=C(c2ccncc2)C1. The summed E-state index contributed by atoms with van der Waals surface area (Å²) in [5, 5.41) is 0. The van der Waals surface area contributed by atoms with Crippen LogP contribution in [0.3, 0.4) is 0 Å². The summed E-state index contributed by atoms with van der Waals surface area (Å²) in [6.45, 7) is 2.13. The Balaban J connectivity index is 2.22. The van der Waals surface area contributed by atoms with Crippen molar-refractivity contribution in [1.82, 2.24) is 9.88 Å². The molecule has 0 N–H and O–H groups in total. The first-order valence-corrected chi connectivity index (χ1v) is 4.14. The summed E-state index contributed by atoms with van der Waals surface area (Å²) in [5.41, 5.74) is 2.72. The van der Waals surface area contributed by atoms with Gasteiger partial charge in [0.15, 0.2) is 0 Å². The fourth-order valence-corrected chi connectivity index (χ4v) is 1.46. The van der Waals surface area contributed by atoms with Gasteiger partial charge in [-0.3, -0.25) is 9.88 Å². The van der Waals surface area contributed by atoms with Gasteiger partial charge in [0.2, 0.25) is 0 Å². The van der Waals surface area contributed by atoms with E-state index in [9.17, 15) is 0 Å². The Morgan fingerprint density at radius 1 is 1.33 bits per heavy atom. The fourth-order valence-electron chi connectivity index (χ4n) is 1.46. The maximum Gasteiger partial charge on any atom is 0.0273 e. The molecule has 1 aliphatic rings. The zero-order valence-electron chi connectivity index (χ0n) is 7.20. The van der Waals surface area contributed by atoms with Crippen LogP contribution in [0, 0.1) is 0 Å². The molecule has 2 rings (SSSR count). The number of aromatic nitrogens is 1. The van der Waals surface area contributed by atoms with Crippen LogP contribution >= 0.6 is 0 Å². The van der Waals surface area contributed by atoms with Gasteiger partial charge in [-0.25, -0.2) is 0 Å². The highest BCUT2D eigenvalue weighted by molar-refractivity contribution is 5.68. The molecule has 0 saturated heterocycles. The van der Waals surface area contributed by atoms with Gasteiger partial charge in [-0.2, -0.15) is 0 Å². The Bertz CT molecular complexity index is 290. The van der Waals surface area contributed by atoms with Crippen molar-refractivity contribution in [3.05, 3.63) is 36.2 Å². The van der Waals surface area contributed by atoms with Crippen molar-refractivity contribution in [1.29, 1.82) is 0 Å².